The van der Waals surface area contributed by atoms with Gasteiger partial charge in [-0.3, -0.25) is 14.4 Å². The van der Waals surface area contributed by atoms with Crippen molar-refractivity contribution in [1.82, 2.24) is 14.7 Å². The summed E-state index contributed by atoms with van der Waals surface area (Å²) < 4.78 is 0. The lowest BCUT2D eigenvalue weighted by Gasteiger charge is -2.37. The van der Waals surface area contributed by atoms with Gasteiger partial charge in [0.25, 0.3) is 5.91 Å². The minimum Gasteiger partial charge on any atom is -0.335 e. The second-order valence-electron chi connectivity index (χ2n) is 8.60. The highest BCUT2D eigenvalue weighted by Crippen LogP contribution is 2.25. The van der Waals surface area contributed by atoms with Crippen molar-refractivity contribution in [3.05, 3.63) is 83.4 Å². The average molecular weight is 443 g/mol. The number of fused-ring (bicyclic) bond motifs is 2. The molecular weight excluding hydrogens is 416 g/mol. The van der Waals surface area contributed by atoms with E-state index in [1.165, 1.54) is 4.90 Å². The summed E-state index contributed by atoms with van der Waals surface area (Å²) in [5.74, 6) is -1.11. The normalized spacial score (nSPS) is 18.2. The Morgan fingerprint density at radius 1 is 0.727 bits per heavy atom. The fourth-order valence-corrected chi connectivity index (χ4v) is 4.77. The molecule has 2 heterocycles. The highest BCUT2D eigenvalue weighted by atomic mass is 16.2. The van der Waals surface area contributed by atoms with Gasteiger partial charge in [0.2, 0.25) is 0 Å². The first-order valence-corrected chi connectivity index (χ1v) is 11.2. The van der Waals surface area contributed by atoms with E-state index in [1.54, 1.807) is 9.80 Å². The summed E-state index contributed by atoms with van der Waals surface area (Å²) in [5, 5.41) is 1.93. The summed E-state index contributed by atoms with van der Waals surface area (Å²) in [6.07, 6.45) is 0. The molecule has 3 amide bonds. The van der Waals surface area contributed by atoms with Crippen LogP contribution in [0.2, 0.25) is 0 Å². The molecule has 33 heavy (non-hydrogen) atoms. The number of amides is 3. The first kappa shape index (κ1) is 21.2. The molecular formula is C26H26N4O3. The predicted octanol–water partition coefficient (Wildman–Crippen LogP) is 2.17. The Kier molecular flexibility index (Phi) is 5.56. The molecule has 2 N–H and O–H groups in total. The zero-order valence-corrected chi connectivity index (χ0v) is 18.3. The molecule has 0 aromatic heterocycles. The number of benzene rings is 3. The first-order valence-electron chi connectivity index (χ1n) is 11.2. The molecule has 0 radical (unpaired) electrons. The van der Waals surface area contributed by atoms with Gasteiger partial charge in [0.1, 0.15) is 0 Å². The standard InChI is InChI=1S/C26H26N4O3/c27-23-17-30(16-19-7-2-4-10-21(19)23)26(33)25(32)29-14-12-28(13-15-29)24(31)22-11-5-8-18-6-1-3-9-20(18)22/h1-11,23H,12-17,27H2. The molecule has 1 saturated heterocycles. The second-order valence-corrected chi connectivity index (χ2v) is 8.60. The molecule has 168 valence electrons. The molecule has 0 bridgehead atoms. The predicted molar refractivity (Wildman–Crippen MR) is 125 cm³/mol. The molecule has 5 rings (SSSR count). The zero-order valence-electron chi connectivity index (χ0n) is 18.3. The van der Waals surface area contributed by atoms with Crippen LogP contribution in [0.3, 0.4) is 0 Å². The van der Waals surface area contributed by atoms with Gasteiger partial charge in [-0.1, -0.05) is 60.7 Å². The van der Waals surface area contributed by atoms with Gasteiger partial charge in [-0.25, -0.2) is 0 Å². The smallest absolute Gasteiger partial charge is 0.312 e. The van der Waals surface area contributed by atoms with E-state index in [9.17, 15) is 14.4 Å². The lowest BCUT2D eigenvalue weighted by Crippen LogP contribution is -2.55. The quantitative estimate of drug-likeness (QED) is 0.585. The molecule has 7 nitrogen and oxygen atoms in total. The van der Waals surface area contributed by atoms with Crippen molar-refractivity contribution in [3.63, 3.8) is 0 Å². The van der Waals surface area contributed by atoms with Crippen LogP contribution in [0.1, 0.15) is 27.5 Å². The van der Waals surface area contributed by atoms with Crippen molar-refractivity contribution in [2.45, 2.75) is 12.6 Å². The molecule has 0 aliphatic carbocycles. The Labute approximate surface area is 192 Å². The summed E-state index contributed by atoms with van der Waals surface area (Å²) in [6.45, 7) is 2.15. The van der Waals surface area contributed by atoms with Crippen LogP contribution in [0.25, 0.3) is 10.8 Å². The fraction of sp³-hybridized carbons (Fsp3) is 0.269. The van der Waals surface area contributed by atoms with Gasteiger partial charge < -0.3 is 20.4 Å². The SMILES string of the molecule is NC1CN(C(=O)C(=O)N2CCN(C(=O)c3cccc4ccccc34)CC2)Cc2ccccc21. The number of carbonyl (C=O) groups excluding carboxylic acids is 3. The van der Waals surface area contributed by atoms with Gasteiger partial charge >= 0.3 is 11.8 Å². The first-order chi connectivity index (χ1) is 16.0. The van der Waals surface area contributed by atoms with Crippen molar-refractivity contribution in [2.24, 2.45) is 5.73 Å². The highest BCUT2D eigenvalue weighted by Gasteiger charge is 2.34. The summed E-state index contributed by atoms with van der Waals surface area (Å²) in [5.41, 5.74) is 8.89. The van der Waals surface area contributed by atoms with E-state index in [4.69, 9.17) is 5.73 Å². The lowest BCUT2D eigenvalue weighted by molar-refractivity contribution is -0.153. The number of rotatable bonds is 1. The van der Waals surface area contributed by atoms with Crippen molar-refractivity contribution in [3.8, 4) is 0 Å². The van der Waals surface area contributed by atoms with E-state index < -0.39 is 11.8 Å². The molecule has 1 unspecified atom stereocenters. The number of hydrogen-bond acceptors (Lipinski definition) is 4. The maximum absolute atomic E-state index is 13.2. The Morgan fingerprint density at radius 2 is 1.36 bits per heavy atom. The van der Waals surface area contributed by atoms with Gasteiger partial charge in [0.05, 0.1) is 0 Å². The topological polar surface area (TPSA) is 86.9 Å². The number of carbonyl (C=O) groups is 3. The van der Waals surface area contributed by atoms with Gasteiger partial charge in [-0.2, -0.15) is 0 Å². The van der Waals surface area contributed by atoms with E-state index in [-0.39, 0.29) is 11.9 Å². The number of nitrogens with two attached hydrogens (primary N) is 1. The van der Waals surface area contributed by atoms with E-state index in [0.717, 1.165) is 21.9 Å². The van der Waals surface area contributed by atoms with Crippen molar-refractivity contribution in [1.29, 1.82) is 0 Å². The third-order valence-electron chi connectivity index (χ3n) is 6.58. The average Bonchev–Trinajstić information content (AvgIpc) is 2.87. The molecule has 1 fully saturated rings. The summed E-state index contributed by atoms with van der Waals surface area (Å²) in [7, 11) is 0. The molecule has 3 aromatic carbocycles. The second kappa shape index (κ2) is 8.67. The highest BCUT2D eigenvalue weighted by molar-refractivity contribution is 6.35. The van der Waals surface area contributed by atoms with Crippen LogP contribution in [-0.4, -0.2) is 65.1 Å². The third kappa shape index (κ3) is 3.96. The summed E-state index contributed by atoms with van der Waals surface area (Å²) in [6, 6.07) is 21.0. The molecule has 0 spiro atoms. The maximum Gasteiger partial charge on any atom is 0.312 e. The molecule has 3 aromatic rings. The summed E-state index contributed by atoms with van der Waals surface area (Å²) in [4.78, 5) is 43.8. The maximum atomic E-state index is 13.2. The van der Waals surface area contributed by atoms with Gasteiger partial charge in [0, 0.05) is 50.9 Å². The molecule has 2 aliphatic rings. The minimum atomic E-state index is -0.534. The van der Waals surface area contributed by atoms with Crippen LogP contribution in [-0.2, 0) is 16.1 Å². The monoisotopic (exact) mass is 442 g/mol. The largest absolute Gasteiger partial charge is 0.335 e. The van der Waals surface area contributed by atoms with Crippen LogP contribution in [0.5, 0.6) is 0 Å². The van der Waals surface area contributed by atoms with Crippen molar-refractivity contribution in [2.75, 3.05) is 32.7 Å². The van der Waals surface area contributed by atoms with Crippen LogP contribution in [0.15, 0.2) is 66.7 Å². The summed E-state index contributed by atoms with van der Waals surface area (Å²) >= 11 is 0. The third-order valence-corrected chi connectivity index (χ3v) is 6.58. The minimum absolute atomic E-state index is 0.0520. The Balaban J connectivity index is 1.23. The van der Waals surface area contributed by atoms with Crippen molar-refractivity contribution < 1.29 is 14.4 Å². The molecule has 0 saturated carbocycles. The number of hydrogen-bond donors (Lipinski definition) is 1. The van der Waals surface area contributed by atoms with Gasteiger partial charge in [0.15, 0.2) is 0 Å². The number of nitrogens with zero attached hydrogens (tertiary/aromatic N) is 3. The van der Waals surface area contributed by atoms with E-state index in [1.807, 2.05) is 66.7 Å². The lowest BCUT2D eigenvalue weighted by atomic mass is 9.96. The van der Waals surface area contributed by atoms with Crippen molar-refractivity contribution >= 4 is 28.5 Å². The number of piperazine rings is 1. The molecule has 1 atom stereocenters. The zero-order chi connectivity index (χ0) is 22.9. The Morgan fingerprint density at radius 3 is 2.18 bits per heavy atom. The van der Waals surface area contributed by atoms with E-state index in [0.29, 0.717) is 44.8 Å². The fourth-order valence-electron chi connectivity index (χ4n) is 4.77. The van der Waals surface area contributed by atoms with Gasteiger partial charge in [-0.05, 0) is 28.0 Å². The van der Waals surface area contributed by atoms with Crippen LogP contribution in [0, 0.1) is 0 Å². The van der Waals surface area contributed by atoms with Crippen LogP contribution >= 0.6 is 0 Å². The molecule has 7 heteroatoms. The van der Waals surface area contributed by atoms with Crippen LogP contribution < -0.4 is 5.73 Å². The Hall–Kier alpha value is -3.71. The van der Waals surface area contributed by atoms with Crippen LogP contribution in [0.4, 0.5) is 0 Å². The van der Waals surface area contributed by atoms with E-state index in [2.05, 4.69) is 0 Å². The molecule has 2 aliphatic heterocycles. The Bertz CT molecular complexity index is 1230. The van der Waals surface area contributed by atoms with E-state index >= 15 is 0 Å². The van der Waals surface area contributed by atoms with Gasteiger partial charge in [-0.15, -0.1) is 0 Å².